The van der Waals surface area contributed by atoms with Gasteiger partial charge >= 0.3 is 0 Å². The molecule has 4 rings (SSSR count). The summed E-state index contributed by atoms with van der Waals surface area (Å²) in [7, 11) is -1.13. The third-order valence-corrected chi connectivity index (χ3v) is 9.16. The van der Waals surface area contributed by atoms with Gasteiger partial charge in [-0.1, -0.05) is 31.8 Å². The fourth-order valence-corrected chi connectivity index (χ4v) is 5.92. The Labute approximate surface area is 239 Å². The van der Waals surface area contributed by atoms with Crippen LogP contribution in [0.4, 0.5) is 5.69 Å². The molecule has 1 heterocycles. The van der Waals surface area contributed by atoms with Crippen LogP contribution in [0.1, 0.15) is 37.1 Å². The van der Waals surface area contributed by atoms with Gasteiger partial charge in [0.15, 0.2) is 0 Å². The van der Waals surface area contributed by atoms with E-state index < -0.39 is 19.9 Å². The zero-order valence-electron chi connectivity index (χ0n) is 23.1. The normalized spacial score (nSPS) is 15.9. The van der Waals surface area contributed by atoms with Gasteiger partial charge in [0.25, 0.3) is 0 Å². The summed E-state index contributed by atoms with van der Waals surface area (Å²) in [6, 6.07) is 8.87. The highest BCUT2D eigenvalue weighted by Gasteiger charge is 2.50. The van der Waals surface area contributed by atoms with Crippen LogP contribution in [0.15, 0.2) is 24.3 Å². The molecule has 1 aromatic heterocycles. The number of hydrazine groups is 1. The van der Waals surface area contributed by atoms with Crippen molar-refractivity contribution < 1.29 is 14.3 Å². The molecule has 2 amide bonds. The van der Waals surface area contributed by atoms with Crippen LogP contribution < -0.4 is 16.6 Å². The average Bonchev–Trinajstić information content (AvgIpc) is 3.74. The van der Waals surface area contributed by atoms with Crippen molar-refractivity contribution >= 4 is 50.4 Å². The highest BCUT2D eigenvalue weighted by molar-refractivity contribution is 6.76. The molecule has 1 unspecified atom stereocenters. The highest BCUT2D eigenvalue weighted by Crippen LogP contribution is 2.52. The van der Waals surface area contributed by atoms with Crippen LogP contribution in [0.25, 0.3) is 11.1 Å². The van der Waals surface area contributed by atoms with Gasteiger partial charge in [-0.25, -0.2) is 10.5 Å². The number of aromatic nitrogens is 2. The largest absolute Gasteiger partial charge is 0.360 e. The van der Waals surface area contributed by atoms with Crippen molar-refractivity contribution in [1.82, 2.24) is 15.2 Å². The smallest absolute Gasteiger partial charge is 0.246 e. The van der Waals surface area contributed by atoms with Crippen molar-refractivity contribution in [2.24, 2.45) is 29.5 Å². The molecule has 8 nitrogen and oxygen atoms in total. The highest BCUT2D eigenvalue weighted by atomic mass is 35.5. The molecule has 38 heavy (non-hydrogen) atoms. The van der Waals surface area contributed by atoms with E-state index in [2.05, 4.69) is 42.4 Å². The molecular weight excluding hydrogens is 541 g/mol. The van der Waals surface area contributed by atoms with Crippen molar-refractivity contribution in [2.45, 2.75) is 71.9 Å². The monoisotopic (exact) mass is 583 g/mol. The summed E-state index contributed by atoms with van der Waals surface area (Å²) in [5, 5.41) is 7.65. The standard InChI is InChI=1S/C27H41N5O3Si.2ClH/c1-17-23(18(2)32(31-17)16-35-14-15-36(3,4)5)19-10-12-22(13-11-19)29-26(33)25(27(34)30-28)24(20-6-7-20)21-8-9-21;;/h10-13,20-21,24-25H,6-9,14-16,28H2,1-5H3,(H,29,33)(H,30,34);2*1H. The molecular formula is C27H43Cl2N5O3Si. The third-order valence-electron chi connectivity index (χ3n) is 7.46. The minimum atomic E-state index is -1.13. The number of carbonyl (C=O) groups is 2. The number of hydrogen-bond donors (Lipinski definition) is 3. The molecule has 11 heteroatoms. The number of aryl methyl sites for hydroxylation is 1. The predicted molar refractivity (Wildman–Crippen MR) is 159 cm³/mol. The summed E-state index contributed by atoms with van der Waals surface area (Å²) in [6.45, 7) is 12.3. The van der Waals surface area contributed by atoms with E-state index in [0.717, 1.165) is 60.8 Å². The maximum Gasteiger partial charge on any atom is 0.246 e. The number of ether oxygens (including phenoxy) is 1. The van der Waals surface area contributed by atoms with Gasteiger partial charge in [-0.3, -0.25) is 15.0 Å². The van der Waals surface area contributed by atoms with E-state index in [9.17, 15) is 9.59 Å². The van der Waals surface area contributed by atoms with Gasteiger partial charge in [0.1, 0.15) is 12.6 Å². The topological polar surface area (TPSA) is 111 Å². The first-order chi connectivity index (χ1) is 17.1. The van der Waals surface area contributed by atoms with Crippen molar-refractivity contribution in [3.63, 3.8) is 0 Å². The van der Waals surface area contributed by atoms with Gasteiger partial charge in [0.2, 0.25) is 11.8 Å². The molecule has 2 aliphatic carbocycles. The molecule has 0 radical (unpaired) electrons. The average molecular weight is 585 g/mol. The van der Waals surface area contributed by atoms with E-state index in [1.165, 1.54) is 0 Å². The fraction of sp³-hybridized carbons (Fsp3) is 0.593. The van der Waals surface area contributed by atoms with Crippen LogP contribution >= 0.6 is 24.8 Å². The number of benzene rings is 1. The molecule has 0 aliphatic heterocycles. The van der Waals surface area contributed by atoms with E-state index in [1.807, 2.05) is 35.9 Å². The minimum Gasteiger partial charge on any atom is -0.360 e. The number of halogens is 2. The van der Waals surface area contributed by atoms with Crippen molar-refractivity contribution in [3.8, 4) is 11.1 Å². The van der Waals surface area contributed by atoms with E-state index in [0.29, 0.717) is 24.3 Å². The maximum atomic E-state index is 13.2. The molecule has 2 saturated carbocycles. The van der Waals surface area contributed by atoms with Gasteiger partial charge in [-0.2, -0.15) is 5.10 Å². The molecule has 212 valence electrons. The van der Waals surface area contributed by atoms with Crippen LogP contribution in [-0.4, -0.2) is 36.3 Å². The van der Waals surface area contributed by atoms with Gasteiger partial charge in [-0.15, -0.1) is 24.8 Å². The second kappa shape index (κ2) is 13.4. The fourth-order valence-electron chi connectivity index (χ4n) is 5.16. The molecule has 2 aromatic rings. The van der Waals surface area contributed by atoms with Crippen LogP contribution in [0, 0.1) is 37.5 Å². The molecule has 2 aliphatic rings. The number of nitrogens with zero attached hydrogens (tertiary/aromatic N) is 2. The Morgan fingerprint density at radius 1 is 1.05 bits per heavy atom. The lowest BCUT2D eigenvalue weighted by atomic mass is 9.82. The lowest BCUT2D eigenvalue weighted by Gasteiger charge is -2.25. The third kappa shape index (κ3) is 8.05. The quantitative estimate of drug-likeness (QED) is 0.0783. The van der Waals surface area contributed by atoms with Crippen molar-refractivity contribution in [2.75, 3.05) is 11.9 Å². The minimum absolute atomic E-state index is 0. The first-order valence-electron chi connectivity index (χ1n) is 13.1. The second-order valence-corrected chi connectivity index (χ2v) is 17.3. The maximum absolute atomic E-state index is 13.2. The molecule has 0 saturated heterocycles. The summed E-state index contributed by atoms with van der Waals surface area (Å²) < 4.78 is 7.82. The zero-order valence-corrected chi connectivity index (χ0v) is 25.7. The van der Waals surface area contributed by atoms with Crippen molar-refractivity contribution in [1.29, 1.82) is 0 Å². The summed E-state index contributed by atoms with van der Waals surface area (Å²) in [6.07, 6.45) is 4.36. The van der Waals surface area contributed by atoms with Gasteiger partial charge < -0.3 is 10.1 Å². The number of nitrogens with two attached hydrogens (primary N) is 1. The number of nitrogens with one attached hydrogen (secondary N) is 2. The molecule has 0 spiro atoms. The number of rotatable bonds is 12. The summed E-state index contributed by atoms with van der Waals surface area (Å²) in [4.78, 5) is 25.8. The molecule has 4 N–H and O–H groups in total. The van der Waals surface area contributed by atoms with Crippen LogP contribution in [-0.2, 0) is 21.1 Å². The number of anilines is 1. The van der Waals surface area contributed by atoms with E-state index in [-0.39, 0.29) is 36.6 Å². The Bertz CT molecular complexity index is 1080. The first kappa shape index (κ1) is 32.3. The Hall–Kier alpha value is -1.91. The lowest BCUT2D eigenvalue weighted by molar-refractivity contribution is -0.135. The zero-order chi connectivity index (χ0) is 26.0. The SMILES string of the molecule is Cc1nn(COCC[Si](C)(C)C)c(C)c1-c1ccc(NC(=O)C(C(=O)NN)C(C2CC2)C2CC2)cc1.Cl.Cl. The lowest BCUT2D eigenvalue weighted by Crippen LogP contribution is -2.46. The van der Waals surface area contributed by atoms with Crippen LogP contribution in [0.3, 0.4) is 0 Å². The molecule has 1 aromatic carbocycles. The van der Waals surface area contributed by atoms with Gasteiger partial charge in [0.05, 0.1) is 5.69 Å². The predicted octanol–water partition coefficient (Wildman–Crippen LogP) is 5.30. The number of hydrogen-bond acceptors (Lipinski definition) is 5. The Kier molecular flexibility index (Phi) is 11.4. The van der Waals surface area contributed by atoms with Gasteiger partial charge in [0, 0.05) is 31.6 Å². The van der Waals surface area contributed by atoms with Gasteiger partial charge in [-0.05, 0) is 81.0 Å². The molecule has 2 fully saturated rings. The summed E-state index contributed by atoms with van der Waals surface area (Å²) in [5.74, 6) is 5.03. The Morgan fingerprint density at radius 3 is 2.13 bits per heavy atom. The summed E-state index contributed by atoms with van der Waals surface area (Å²) in [5.41, 5.74) is 6.99. The van der Waals surface area contributed by atoms with E-state index >= 15 is 0 Å². The summed E-state index contributed by atoms with van der Waals surface area (Å²) >= 11 is 0. The Balaban J connectivity index is 0.00000253. The molecule has 0 bridgehead atoms. The van der Waals surface area contributed by atoms with Crippen LogP contribution in [0.2, 0.25) is 25.7 Å². The molecule has 1 atom stereocenters. The number of carbonyl (C=O) groups excluding carboxylic acids is 2. The van der Waals surface area contributed by atoms with E-state index in [1.54, 1.807) is 0 Å². The number of amides is 2. The van der Waals surface area contributed by atoms with Crippen LogP contribution in [0.5, 0.6) is 0 Å². The first-order valence-corrected chi connectivity index (χ1v) is 16.8. The Morgan fingerprint density at radius 2 is 1.63 bits per heavy atom. The van der Waals surface area contributed by atoms with Crippen molar-refractivity contribution in [3.05, 3.63) is 35.7 Å². The second-order valence-electron chi connectivity index (χ2n) is 11.7. The van der Waals surface area contributed by atoms with E-state index in [4.69, 9.17) is 10.6 Å².